The predicted molar refractivity (Wildman–Crippen MR) is 81.2 cm³/mol. The first kappa shape index (κ1) is 14.5. The maximum atomic E-state index is 11.0. The van der Waals surface area contributed by atoms with Gasteiger partial charge < -0.3 is 10.8 Å². The Balaban J connectivity index is 2.34. The van der Waals surface area contributed by atoms with Crippen LogP contribution in [0.2, 0.25) is 0 Å². The van der Waals surface area contributed by atoms with E-state index in [4.69, 9.17) is 16.7 Å². The molecule has 6 heteroatoms. The fourth-order valence-electron chi connectivity index (χ4n) is 1.84. The molecule has 0 spiro atoms. The van der Waals surface area contributed by atoms with Crippen LogP contribution < -0.4 is 16.6 Å². The Morgan fingerprint density at radius 2 is 2.10 bits per heavy atom. The number of rotatable bonds is 4. The first-order chi connectivity index (χ1) is 9.99. The molecule has 0 aliphatic carbocycles. The molecule has 0 atom stereocenters. The minimum Gasteiger partial charge on any atom is -0.478 e. The second-order valence-corrected chi connectivity index (χ2v) is 4.51. The van der Waals surface area contributed by atoms with E-state index >= 15 is 0 Å². The average molecular weight is 284 g/mol. The molecule has 1 aromatic heterocycles. The van der Waals surface area contributed by atoms with Crippen LogP contribution in [0.3, 0.4) is 0 Å². The van der Waals surface area contributed by atoms with Crippen molar-refractivity contribution < 1.29 is 9.90 Å². The van der Waals surface area contributed by atoms with Crippen molar-refractivity contribution in [2.24, 2.45) is 11.6 Å². The molecule has 1 aromatic carbocycles. The maximum absolute atomic E-state index is 11.0. The second kappa shape index (κ2) is 6.06. The van der Waals surface area contributed by atoms with Gasteiger partial charge >= 0.3 is 5.97 Å². The van der Waals surface area contributed by atoms with E-state index < -0.39 is 5.97 Å². The summed E-state index contributed by atoms with van der Waals surface area (Å²) in [4.78, 5) is 15.1. The number of nitrogens with zero attached hydrogens (tertiary/aromatic N) is 2. The number of pyridine rings is 1. The number of benzene rings is 1. The van der Waals surface area contributed by atoms with E-state index in [1.807, 2.05) is 13.0 Å². The van der Waals surface area contributed by atoms with Crippen LogP contribution in [-0.4, -0.2) is 16.1 Å². The number of aromatic carboxylic acids is 1. The molecule has 108 valence electrons. The highest BCUT2D eigenvalue weighted by Crippen LogP contribution is 2.21. The van der Waals surface area contributed by atoms with E-state index in [9.17, 15) is 4.79 Å². The summed E-state index contributed by atoms with van der Waals surface area (Å²) in [6.07, 6.45) is 3.14. The van der Waals surface area contributed by atoms with Crippen molar-refractivity contribution in [1.82, 2.24) is 4.98 Å². The van der Waals surface area contributed by atoms with Crippen molar-refractivity contribution in [1.29, 1.82) is 0 Å². The number of hydrazine groups is 1. The summed E-state index contributed by atoms with van der Waals surface area (Å²) in [5.74, 6) is 4.95. The number of aryl methyl sites for hydroxylation is 1. The highest BCUT2D eigenvalue weighted by molar-refractivity contribution is 5.89. The lowest BCUT2D eigenvalue weighted by atomic mass is 10.1. The number of carbonyl (C=O) groups is 1. The quantitative estimate of drug-likeness (QED) is 0.583. The molecule has 0 unspecified atom stereocenters. The summed E-state index contributed by atoms with van der Waals surface area (Å²) in [6, 6.07) is 10.1. The highest BCUT2D eigenvalue weighted by atomic mass is 16.4. The number of carboxylic acid groups (broad SMARTS) is 1. The first-order valence-corrected chi connectivity index (χ1v) is 6.25. The van der Waals surface area contributed by atoms with Gasteiger partial charge in [-0.15, -0.1) is 0 Å². The lowest BCUT2D eigenvalue weighted by Gasteiger charge is -2.18. The molecule has 0 aliphatic rings. The van der Waals surface area contributed by atoms with E-state index in [1.165, 1.54) is 23.3 Å². The molecule has 0 saturated heterocycles. The summed E-state index contributed by atoms with van der Waals surface area (Å²) >= 11 is 0. The number of aromatic nitrogens is 1. The number of anilines is 1. The zero-order valence-corrected chi connectivity index (χ0v) is 11.5. The van der Waals surface area contributed by atoms with Crippen LogP contribution >= 0.6 is 0 Å². The molecule has 0 fully saturated rings. The van der Waals surface area contributed by atoms with Gasteiger partial charge in [0, 0.05) is 12.4 Å². The van der Waals surface area contributed by atoms with Gasteiger partial charge in [-0.2, -0.15) is 0 Å². The van der Waals surface area contributed by atoms with Gasteiger partial charge in [-0.1, -0.05) is 12.1 Å². The van der Waals surface area contributed by atoms with Gasteiger partial charge in [0.1, 0.15) is 0 Å². The smallest absolute Gasteiger partial charge is 0.335 e. The minimum absolute atomic E-state index is 0.163. The molecule has 0 aliphatic heterocycles. The Hall–Kier alpha value is -2.86. The van der Waals surface area contributed by atoms with Crippen LogP contribution in [0.15, 0.2) is 48.8 Å². The van der Waals surface area contributed by atoms with Crippen molar-refractivity contribution in [3.05, 3.63) is 65.6 Å². The Bertz CT molecular complexity index is 683. The summed E-state index contributed by atoms with van der Waals surface area (Å²) in [5.41, 5.74) is 8.49. The van der Waals surface area contributed by atoms with Crippen molar-refractivity contribution >= 4 is 17.4 Å². The number of hydrogen-bond donors (Lipinski definition) is 3. The van der Waals surface area contributed by atoms with Gasteiger partial charge in [0.15, 0.2) is 0 Å². The summed E-state index contributed by atoms with van der Waals surface area (Å²) in [6.45, 7) is 1.84. The lowest BCUT2D eigenvalue weighted by Crippen LogP contribution is -2.27. The number of nitrogens with two attached hydrogens (primary N) is 2. The fourth-order valence-corrected chi connectivity index (χ4v) is 1.84. The Morgan fingerprint density at radius 1 is 1.33 bits per heavy atom. The summed E-state index contributed by atoms with van der Waals surface area (Å²) in [5, 5.41) is 10.3. The summed E-state index contributed by atoms with van der Waals surface area (Å²) < 4.78 is 0. The Morgan fingerprint density at radius 3 is 2.71 bits per heavy atom. The maximum Gasteiger partial charge on any atom is 0.335 e. The van der Waals surface area contributed by atoms with Crippen molar-refractivity contribution in [3.8, 4) is 0 Å². The zero-order chi connectivity index (χ0) is 15.4. The van der Waals surface area contributed by atoms with E-state index in [0.29, 0.717) is 17.1 Å². The molecule has 0 amide bonds. The van der Waals surface area contributed by atoms with Gasteiger partial charge in [-0.25, -0.2) is 10.6 Å². The predicted octanol–water partition coefficient (Wildman–Crippen LogP) is 1.73. The van der Waals surface area contributed by atoms with Crippen LogP contribution in [0.1, 0.15) is 21.6 Å². The third-order valence-electron chi connectivity index (χ3n) is 2.97. The molecular formula is C15H16N4O2. The molecule has 1 heterocycles. The fraction of sp³-hybridized carbons (Fsp3) is 0.0667. The highest BCUT2D eigenvalue weighted by Gasteiger charge is 2.10. The molecule has 2 aromatic rings. The van der Waals surface area contributed by atoms with Crippen molar-refractivity contribution in [3.63, 3.8) is 0 Å². The van der Waals surface area contributed by atoms with Crippen LogP contribution in [0.25, 0.3) is 5.70 Å². The van der Waals surface area contributed by atoms with Crippen LogP contribution in [-0.2, 0) is 0 Å². The minimum atomic E-state index is -1.01. The molecule has 0 saturated carbocycles. The molecule has 5 N–H and O–H groups in total. The van der Waals surface area contributed by atoms with Crippen molar-refractivity contribution in [2.45, 2.75) is 6.92 Å². The third-order valence-corrected chi connectivity index (χ3v) is 2.97. The van der Waals surface area contributed by atoms with Crippen molar-refractivity contribution in [2.75, 3.05) is 5.01 Å². The van der Waals surface area contributed by atoms with Crippen LogP contribution in [0.5, 0.6) is 0 Å². The standard InChI is InChI=1S/C15H16N4O2/c1-10-5-6-11(15(20)21)8-14(10)19(17)9-12(16)13-4-2-3-7-18-13/h2-9H,16-17H2,1H3,(H,20,21). The molecule has 2 rings (SSSR count). The normalized spacial score (nSPS) is 11.2. The van der Waals surface area contributed by atoms with Gasteiger partial charge in [0.2, 0.25) is 0 Å². The Labute approximate surface area is 122 Å². The lowest BCUT2D eigenvalue weighted by molar-refractivity contribution is 0.0697. The monoisotopic (exact) mass is 284 g/mol. The van der Waals surface area contributed by atoms with E-state index in [0.717, 1.165) is 5.56 Å². The molecule has 0 bridgehead atoms. The SMILES string of the molecule is Cc1ccc(C(=O)O)cc1N(N)C=C(N)c1ccccn1. The first-order valence-electron chi connectivity index (χ1n) is 6.25. The van der Waals surface area contributed by atoms with Gasteiger partial charge in [-0.3, -0.25) is 9.99 Å². The molecular weight excluding hydrogens is 268 g/mol. The zero-order valence-electron chi connectivity index (χ0n) is 11.5. The van der Waals surface area contributed by atoms with Gasteiger partial charge in [0.05, 0.1) is 22.6 Å². The van der Waals surface area contributed by atoms with E-state index in [1.54, 1.807) is 24.4 Å². The molecule has 6 nitrogen and oxygen atoms in total. The number of hydrogen-bond acceptors (Lipinski definition) is 5. The average Bonchev–Trinajstić information content (AvgIpc) is 2.48. The Kier molecular flexibility index (Phi) is 4.20. The van der Waals surface area contributed by atoms with E-state index in [-0.39, 0.29) is 5.56 Å². The van der Waals surface area contributed by atoms with Crippen LogP contribution in [0, 0.1) is 6.92 Å². The van der Waals surface area contributed by atoms with E-state index in [2.05, 4.69) is 4.98 Å². The molecule has 0 radical (unpaired) electrons. The largest absolute Gasteiger partial charge is 0.478 e. The van der Waals surface area contributed by atoms with Gasteiger partial charge in [0.25, 0.3) is 0 Å². The third kappa shape index (κ3) is 3.37. The number of carboxylic acids is 1. The van der Waals surface area contributed by atoms with Crippen LogP contribution in [0.4, 0.5) is 5.69 Å². The topological polar surface area (TPSA) is 105 Å². The van der Waals surface area contributed by atoms with Gasteiger partial charge in [-0.05, 0) is 36.8 Å². The second-order valence-electron chi connectivity index (χ2n) is 4.51. The summed E-state index contributed by atoms with van der Waals surface area (Å²) in [7, 11) is 0. The molecule has 21 heavy (non-hydrogen) atoms.